The smallest absolute Gasteiger partial charge is 0.289 e. The van der Waals surface area contributed by atoms with Crippen LogP contribution in [0.5, 0.6) is 0 Å². The van der Waals surface area contributed by atoms with E-state index in [-0.39, 0.29) is 36.2 Å². The molecule has 0 radical (unpaired) electrons. The number of amides is 3. The van der Waals surface area contributed by atoms with Gasteiger partial charge in [-0.25, -0.2) is 0 Å². The number of halogens is 1. The summed E-state index contributed by atoms with van der Waals surface area (Å²) in [5, 5.41) is 0. The summed E-state index contributed by atoms with van der Waals surface area (Å²) in [7, 11) is 0. The molecule has 4 saturated heterocycles. The molecule has 0 aromatic carbocycles. The van der Waals surface area contributed by atoms with E-state index in [4.69, 9.17) is 14.9 Å². The van der Waals surface area contributed by atoms with E-state index in [2.05, 4.69) is 0 Å². The van der Waals surface area contributed by atoms with Gasteiger partial charge in [-0.2, -0.15) is 0 Å². The highest BCUT2D eigenvalue weighted by Crippen LogP contribution is 2.55. The fourth-order valence-corrected chi connectivity index (χ4v) is 5.77. The SMILES string of the molecule is Cl.NCCN1C[C@]23CC[C@H](O2)[C@H](C(=O)N2CCCN(C(=O)c4ccco4)CC2)[C@@H]3C1=O. The molecule has 1 aromatic heterocycles. The molecule has 2 bridgehead atoms. The molecule has 0 aliphatic carbocycles. The molecule has 4 aliphatic heterocycles. The molecular weight excluding hydrogens is 424 g/mol. The molecule has 10 heteroatoms. The molecule has 4 aliphatic rings. The van der Waals surface area contributed by atoms with Crippen LogP contribution in [0.1, 0.15) is 29.8 Å². The van der Waals surface area contributed by atoms with Gasteiger partial charge in [0.25, 0.3) is 5.91 Å². The molecule has 170 valence electrons. The third-order valence-electron chi connectivity index (χ3n) is 7.11. The zero-order chi connectivity index (χ0) is 20.9. The maximum Gasteiger partial charge on any atom is 0.289 e. The largest absolute Gasteiger partial charge is 0.459 e. The van der Waals surface area contributed by atoms with E-state index in [0.717, 1.165) is 12.8 Å². The second kappa shape index (κ2) is 8.44. The van der Waals surface area contributed by atoms with Crippen molar-refractivity contribution in [1.29, 1.82) is 0 Å². The fraction of sp³-hybridized carbons (Fsp3) is 0.667. The molecule has 0 saturated carbocycles. The number of nitrogens with two attached hydrogens (primary N) is 1. The Morgan fingerprint density at radius 2 is 1.97 bits per heavy atom. The quantitative estimate of drug-likeness (QED) is 0.705. The fourth-order valence-electron chi connectivity index (χ4n) is 5.77. The monoisotopic (exact) mass is 452 g/mol. The molecule has 2 N–H and O–H groups in total. The first-order valence-corrected chi connectivity index (χ1v) is 10.8. The van der Waals surface area contributed by atoms with Gasteiger partial charge in [-0.05, 0) is 31.4 Å². The van der Waals surface area contributed by atoms with Gasteiger partial charge >= 0.3 is 0 Å². The predicted octanol–water partition coefficient (Wildman–Crippen LogP) is 0.341. The predicted molar refractivity (Wildman–Crippen MR) is 113 cm³/mol. The van der Waals surface area contributed by atoms with Crippen molar-refractivity contribution in [2.75, 3.05) is 45.8 Å². The van der Waals surface area contributed by atoms with Crippen molar-refractivity contribution in [3.8, 4) is 0 Å². The van der Waals surface area contributed by atoms with Gasteiger partial charge in [0, 0.05) is 39.3 Å². The minimum Gasteiger partial charge on any atom is -0.459 e. The molecule has 5 heterocycles. The van der Waals surface area contributed by atoms with Crippen molar-refractivity contribution in [1.82, 2.24) is 14.7 Å². The summed E-state index contributed by atoms with van der Waals surface area (Å²) in [6, 6.07) is 3.35. The van der Waals surface area contributed by atoms with Crippen LogP contribution in [0, 0.1) is 11.8 Å². The summed E-state index contributed by atoms with van der Waals surface area (Å²) in [4.78, 5) is 44.5. The standard InChI is InChI=1S/C21H28N4O5.ClH/c22-6-9-25-13-21-5-4-14(30-21)16(17(21)20(25)28)19(27)24-8-2-7-23(10-11-24)18(26)15-3-1-12-29-15;/h1,3,12,14,16-17H,2,4-11,13,22H2;1H/t14-,16-,17+,21-;/m0./s1. The summed E-state index contributed by atoms with van der Waals surface area (Å²) >= 11 is 0. The second-order valence-electron chi connectivity index (χ2n) is 8.76. The van der Waals surface area contributed by atoms with Crippen LogP contribution in [0.4, 0.5) is 0 Å². The number of hydrogen-bond acceptors (Lipinski definition) is 6. The topological polar surface area (TPSA) is 109 Å². The zero-order valence-electron chi connectivity index (χ0n) is 17.4. The molecular formula is C21H29ClN4O5. The van der Waals surface area contributed by atoms with E-state index in [0.29, 0.717) is 58.0 Å². The van der Waals surface area contributed by atoms with Gasteiger partial charge < -0.3 is 29.6 Å². The maximum atomic E-state index is 13.5. The lowest BCUT2D eigenvalue weighted by Crippen LogP contribution is -2.48. The van der Waals surface area contributed by atoms with Crippen molar-refractivity contribution >= 4 is 30.1 Å². The van der Waals surface area contributed by atoms with Gasteiger partial charge in [-0.1, -0.05) is 0 Å². The third kappa shape index (κ3) is 3.52. The number of nitrogens with zero attached hydrogens (tertiary/aromatic N) is 3. The first-order valence-electron chi connectivity index (χ1n) is 10.8. The number of fused-ring (bicyclic) bond motifs is 1. The highest BCUT2D eigenvalue weighted by molar-refractivity contribution is 5.93. The molecule has 0 unspecified atom stereocenters. The number of hydrogen-bond donors (Lipinski definition) is 1. The van der Waals surface area contributed by atoms with Crippen LogP contribution in [0.3, 0.4) is 0 Å². The summed E-state index contributed by atoms with van der Waals surface area (Å²) in [6.45, 7) is 3.50. The van der Waals surface area contributed by atoms with Crippen LogP contribution in [0.15, 0.2) is 22.8 Å². The minimum absolute atomic E-state index is 0. The Labute approximate surface area is 187 Å². The van der Waals surface area contributed by atoms with Crippen LogP contribution in [-0.2, 0) is 14.3 Å². The molecule has 31 heavy (non-hydrogen) atoms. The molecule has 1 aromatic rings. The van der Waals surface area contributed by atoms with Crippen molar-refractivity contribution < 1.29 is 23.5 Å². The van der Waals surface area contributed by atoms with Crippen molar-refractivity contribution in [3.63, 3.8) is 0 Å². The number of furan rings is 1. The van der Waals surface area contributed by atoms with Crippen LogP contribution < -0.4 is 5.73 Å². The summed E-state index contributed by atoms with van der Waals surface area (Å²) in [5.74, 6) is -0.678. The van der Waals surface area contributed by atoms with E-state index in [1.807, 2.05) is 4.90 Å². The van der Waals surface area contributed by atoms with Crippen molar-refractivity contribution in [2.24, 2.45) is 17.6 Å². The van der Waals surface area contributed by atoms with Gasteiger partial charge in [0.2, 0.25) is 11.8 Å². The first kappa shape index (κ1) is 22.1. The lowest BCUT2D eigenvalue weighted by Gasteiger charge is -2.31. The Morgan fingerprint density at radius 3 is 2.71 bits per heavy atom. The van der Waals surface area contributed by atoms with E-state index >= 15 is 0 Å². The average molecular weight is 453 g/mol. The van der Waals surface area contributed by atoms with Gasteiger partial charge in [0.05, 0.1) is 36.3 Å². The molecule has 3 amide bonds. The van der Waals surface area contributed by atoms with Crippen molar-refractivity contribution in [3.05, 3.63) is 24.2 Å². The Balaban J connectivity index is 0.00000231. The Kier molecular flexibility index (Phi) is 6.02. The van der Waals surface area contributed by atoms with Crippen LogP contribution >= 0.6 is 12.4 Å². The molecule has 1 spiro atoms. The number of carbonyl (C=O) groups is 3. The summed E-state index contributed by atoms with van der Waals surface area (Å²) < 4.78 is 11.5. The minimum atomic E-state index is -0.523. The number of ether oxygens (including phenoxy) is 1. The highest BCUT2D eigenvalue weighted by atomic mass is 35.5. The van der Waals surface area contributed by atoms with Gasteiger partial charge in [0.15, 0.2) is 5.76 Å². The van der Waals surface area contributed by atoms with Crippen LogP contribution in [0.2, 0.25) is 0 Å². The normalized spacial score (nSPS) is 32.1. The Hall–Kier alpha value is -2.10. The van der Waals surface area contributed by atoms with Gasteiger partial charge in [-0.3, -0.25) is 14.4 Å². The van der Waals surface area contributed by atoms with Crippen LogP contribution in [-0.4, -0.2) is 89.9 Å². The number of likely N-dealkylation sites (tertiary alicyclic amines) is 1. The highest BCUT2D eigenvalue weighted by Gasteiger charge is 2.69. The van der Waals surface area contributed by atoms with Crippen LogP contribution in [0.25, 0.3) is 0 Å². The molecule has 5 rings (SSSR count). The van der Waals surface area contributed by atoms with E-state index < -0.39 is 17.4 Å². The summed E-state index contributed by atoms with van der Waals surface area (Å²) in [6.07, 6.45) is 3.63. The van der Waals surface area contributed by atoms with Gasteiger partial charge in [0.1, 0.15) is 0 Å². The van der Waals surface area contributed by atoms with E-state index in [1.165, 1.54) is 6.26 Å². The number of rotatable bonds is 4. The van der Waals surface area contributed by atoms with E-state index in [9.17, 15) is 14.4 Å². The molecule has 9 nitrogen and oxygen atoms in total. The molecule has 4 fully saturated rings. The lowest BCUT2D eigenvalue weighted by molar-refractivity contribution is -0.144. The number of carbonyl (C=O) groups excluding carboxylic acids is 3. The third-order valence-corrected chi connectivity index (χ3v) is 7.11. The first-order chi connectivity index (χ1) is 14.5. The second-order valence-corrected chi connectivity index (χ2v) is 8.76. The lowest BCUT2D eigenvalue weighted by atomic mass is 9.72. The van der Waals surface area contributed by atoms with Crippen molar-refractivity contribution in [2.45, 2.75) is 31.0 Å². The molecule has 4 atom stereocenters. The Bertz CT molecular complexity index is 849. The maximum absolute atomic E-state index is 13.5. The Morgan fingerprint density at radius 1 is 1.19 bits per heavy atom. The van der Waals surface area contributed by atoms with E-state index in [1.54, 1.807) is 21.9 Å². The average Bonchev–Trinajstić information content (AvgIpc) is 3.48. The zero-order valence-corrected chi connectivity index (χ0v) is 18.2. The summed E-state index contributed by atoms with van der Waals surface area (Å²) in [5.41, 5.74) is 5.15. The van der Waals surface area contributed by atoms with Gasteiger partial charge in [-0.15, -0.1) is 12.4 Å².